The van der Waals surface area contributed by atoms with Gasteiger partial charge in [0.1, 0.15) is 5.82 Å². The highest BCUT2D eigenvalue weighted by Gasteiger charge is 2.18. The molecule has 0 radical (unpaired) electrons. The molecule has 1 aliphatic carbocycles. The first kappa shape index (κ1) is 19.9. The predicted molar refractivity (Wildman–Crippen MR) is 118 cm³/mol. The van der Waals surface area contributed by atoms with Crippen molar-refractivity contribution in [3.8, 4) is 0 Å². The second kappa shape index (κ2) is 8.25. The van der Waals surface area contributed by atoms with E-state index < -0.39 is 17.2 Å². The number of fused-ring (bicyclic) bond motifs is 2. The molecule has 2 aromatic heterocycles. The van der Waals surface area contributed by atoms with Crippen LogP contribution in [0.2, 0.25) is 0 Å². The Bertz CT molecular complexity index is 1300. The number of nitrogens with zero attached hydrogens (tertiary/aromatic N) is 2. The fourth-order valence-electron chi connectivity index (χ4n) is 4.94. The Kier molecular flexibility index (Phi) is 5.30. The predicted octanol–water partition coefficient (Wildman–Crippen LogP) is 5.72. The third-order valence-electron chi connectivity index (χ3n) is 6.56. The van der Waals surface area contributed by atoms with Crippen molar-refractivity contribution in [2.75, 3.05) is 0 Å². The van der Waals surface area contributed by atoms with Crippen LogP contribution >= 0.6 is 0 Å². The first-order valence-electron chi connectivity index (χ1n) is 11.0. The number of hydrogen-bond donors (Lipinski definition) is 1. The average molecular weight is 421 g/mol. The van der Waals surface area contributed by atoms with E-state index in [9.17, 15) is 13.6 Å². The van der Waals surface area contributed by atoms with E-state index in [0.29, 0.717) is 17.5 Å². The van der Waals surface area contributed by atoms with Crippen molar-refractivity contribution in [3.63, 3.8) is 0 Å². The van der Waals surface area contributed by atoms with Crippen molar-refractivity contribution in [2.45, 2.75) is 51.5 Å². The van der Waals surface area contributed by atoms with E-state index >= 15 is 0 Å². The third kappa shape index (κ3) is 3.87. The number of aromatic amines is 1. The molecule has 2 aromatic carbocycles. The summed E-state index contributed by atoms with van der Waals surface area (Å²) in [6.45, 7) is 0.381. The minimum atomic E-state index is -1.02. The van der Waals surface area contributed by atoms with E-state index in [1.165, 1.54) is 44.2 Å². The Morgan fingerprint density at radius 1 is 1.06 bits per heavy atom. The maximum atomic E-state index is 14.3. The molecule has 31 heavy (non-hydrogen) atoms. The van der Waals surface area contributed by atoms with Crippen LogP contribution < -0.4 is 5.56 Å². The van der Waals surface area contributed by atoms with Gasteiger partial charge in [-0.15, -0.1) is 0 Å². The van der Waals surface area contributed by atoms with Crippen LogP contribution in [0.25, 0.3) is 21.9 Å². The lowest BCUT2D eigenvalue weighted by Gasteiger charge is -2.21. The molecular formula is C25H25F2N3O. The molecule has 4 nitrogen and oxygen atoms in total. The zero-order valence-corrected chi connectivity index (χ0v) is 17.3. The van der Waals surface area contributed by atoms with E-state index in [1.54, 1.807) is 0 Å². The fourth-order valence-corrected chi connectivity index (χ4v) is 4.94. The molecular weight excluding hydrogens is 396 g/mol. The number of aryl methyl sites for hydroxylation is 1. The summed E-state index contributed by atoms with van der Waals surface area (Å²) in [4.78, 5) is 19.5. The molecule has 5 rings (SSSR count). The van der Waals surface area contributed by atoms with Gasteiger partial charge in [-0.2, -0.15) is 0 Å². The van der Waals surface area contributed by atoms with Gasteiger partial charge in [-0.1, -0.05) is 44.2 Å². The quantitative estimate of drug-likeness (QED) is 0.448. The monoisotopic (exact) mass is 421 g/mol. The molecule has 6 heteroatoms. The standard InChI is InChI=1S/C25H25F2N3O/c26-19-12-11-18-17(14-23(31)29-25(18)24(19)27)15-30-21-9-5-4-8-20(21)28-22(30)13-10-16-6-2-1-3-7-16/h4-5,8-9,11-12,14,16H,1-3,6-7,10,13,15H2,(H,29,31). The number of H-pyrrole nitrogens is 1. The Balaban J connectivity index is 1.56. The number of pyridine rings is 1. The number of hydrogen-bond acceptors (Lipinski definition) is 2. The molecule has 2 heterocycles. The molecule has 1 saturated carbocycles. The maximum absolute atomic E-state index is 14.3. The first-order chi connectivity index (χ1) is 15.1. The molecule has 0 amide bonds. The highest BCUT2D eigenvalue weighted by atomic mass is 19.2. The number of nitrogens with one attached hydrogen (secondary N) is 1. The minimum absolute atomic E-state index is 0.0873. The Labute approximate surface area is 178 Å². The SMILES string of the molecule is O=c1cc(Cn2c(CCC3CCCCC3)nc3ccccc32)c2ccc(F)c(F)c2[nH]1. The van der Waals surface area contributed by atoms with E-state index in [1.807, 2.05) is 24.3 Å². The minimum Gasteiger partial charge on any atom is -0.323 e. The summed E-state index contributed by atoms with van der Waals surface area (Å²) in [6.07, 6.45) is 8.47. The van der Waals surface area contributed by atoms with Crippen LogP contribution in [0.5, 0.6) is 0 Å². The fraction of sp³-hybridized carbons (Fsp3) is 0.360. The number of benzene rings is 2. The third-order valence-corrected chi connectivity index (χ3v) is 6.56. The molecule has 0 unspecified atom stereocenters. The van der Waals surface area contributed by atoms with Crippen molar-refractivity contribution >= 4 is 21.9 Å². The molecule has 0 spiro atoms. The van der Waals surface area contributed by atoms with Crippen molar-refractivity contribution in [2.24, 2.45) is 5.92 Å². The van der Waals surface area contributed by atoms with Crippen molar-refractivity contribution in [3.05, 3.63) is 75.8 Å². The van der Waals surface area contributed by atoms with Gasteiger partial charge in [-0.25, -0.2) is 13.8 Å². The smallest absolute Gasteiger partial charge is 0.248 e. The van der Waals surface area contributed by atoms with Crippen LogP contribution in [0.1, 0.15) is 49.9 Å². The summed E-state index contributed by atoms with van der Waals surface area (Å²) in [7, 11) is 0. The zero-order valence-electron chi connectivity index (χ0n) is 17.3. The van der Waals surface area contributed by atoms with Crippen LogP contribution in [-0.4, -0.2) is 14.5 Å². The van der Waals surface area contributed by atoms with E-state index in [-0.39, 0.29) is 5.52 Å². The summed E-state index contributed by atoms with van der Waals surface area (Å²) in [6, 6.07) is 12.0. The largest absolute Gasteiger partial charge is 0.323 e. The Hall–Kier alpha value is -3.02. The molecule has 0 aliphatic heterocycles. The van der Waals surface area contributed by atoms with Crippen LogP contribution in [0, 0.1) is 17.6 Å². The second-order valence-electron chi connectivity index (χ2n) is 8.59. The molecule has 160 valence electrons. The number of halogens is 2. The van der Waals surface area contributed by atoms with Gasteiger partial charge in [0.2, 0.25) is 5.56 Å². The molecule has 4 aromatic rings. The highest BCUT2D eigenvalue weighted by molar-refractivity contribution is 5.83. The van der Waals surface area contributed by atoms with Crippen LogP contribution in [0.3, 0.4) is 0 Å². The summed E-state index contributed by atoms with van der Waals surface area (Å²) < 4.78 is 30.2. The summed E-state index contributed by atoms with van der Waals surface area (Å²) in [5.74, 6) is -0.284. The molecule has 0 atom stereocenters. The molecule has 0 saturated heterocycles. The van der Waals surface area contributed by atoms with Gasteiger partial charge in [-0.3, -0.25) is 4.79 Å². The zero-order chi connectivity index (χ0) is 21.4. The number of imidazole rings is 1. The number of rotatable bonds is 5. The van der Waals surface area contributed by atoms with Crippen molar-refractivity contribution < 1.29 is 8.78 Å². The average Bonchev–Trinajstić information content (AvgIpc) is 3.13. The van der Waals surface area contributed by atoms with Gasteiger partial charge in [0.25, 0.3) is 0 Å². The van der Waals surface area contributed by atoms with Crippen LogP contribution in [0.4, 0.5) is 8.78 Å². The van der Waals surface area contributed by atoms with Gasteiger partial charge in [-0.05, 0) is 42.2 Å². The molecule has 0 bridgehead atoms. The van der Waals surface area contributed by atoms with Gasteiger partial charge < -0.3 is 9.55 Å². The van der Waals surface area contributed by atoms with E-state index in [2.05, 4.69) is 9.55 Å². The molecule has 1 aliphatic rings. The summed E-state index contributed by atoms with van der Waals surface area (Å²) in [5, 5.41) is 0.509. The van der Waals surface area contributed by atoms with Crippen molar-refractivity contribution in [1.82, 2.24) is 14.5 Å². The van der Waals surface area contributed by atoms with Gasteiger partial charge >= 0.3 is 0 Å². The first-order valence-corrected chi connectivity index (χ1v) is 11.0. The lowest BCUT2D eigenvalue weighted by molar-refractivity contribution is 0.336. The second-order valence-corrected chi connectivity index (χ2v) is 8.59. The molecule has 1 N–H and O–H groups in total. The van der Waals surface area contributed by atoms with Gasteiger partial charge in [0, 0.05) is 17.9 Å². The highest BCUT2D eigenvalue weighted by Crippen LogP contribution is 2.29. The van der Waals surface area contributed by atoms with Crippen LogP contribution in [0.15, 0.2) is 47.3 Å². The van der Waals surface area contributed by atoms with Gasteiger partial charge in [0.15, 0.2) is 11.6 Å². The maximum Gasteiger partial charge on any atom is 0.248 e. The van der Waals surface area contributed by atoms with E-state index in [0.717, 1.165) is 41.7 Å². The lowest BCUT2D eigenvalue weighted by Crippen LogP contribution is -2.13. The molecule has 1 fully saturated rings. The van der Waals surface area contributed by atoms with Crippen molar-refractivity contribution in [1.29, 1.82) is 0 Å². The summed E-state index contributed by atoms with van der Waals surface area (Å²) in [5.41, 5.74) is 2.01. The topological polar surface area (TPSA) is 50.7 Å². The Morgan fingerprint density at radius 3 is 2.71 bits per heavy atom. The number of para-hydroxylation sites is 2. The number of aromatic nitrogens is 3. The lowest BCUT2D eigenvalue weighted by atomic mass is 9.86. The van der Waals surface area contributed by atoms with E-state index in [4.69, 9.17) is 4.98 Å². The normalized spacial score (nSPS) is 15.2. The Morgan fingerprint density at radius 2 is 1.87 bits per heavy atom. The summed E-state index contributed by atoms with van der Waals surface area (Å²) >= 11 is 0. The van der Waals surface area contributed by atoms with Gasteiger partial charge in [0.05, 0.1) is 23.1 Å². The van der Waals surface area contributed by atoms with Crippen LogP contribution in [-0.2, 0) is 13.0 Å².